The van der Waals surface area contributed by atoms with Gasteiger partial charge in [0.15, 0.2) is 0 Å². The van der Waals surface area contributed by atoms with E-state index in [1.165, 1.54) is 5.56 Å². The molecule has 0 aliphatic rings. The normalized spacial score (nSPS) is 14.8. The fourth-order valence-corrected chi connectivity index (χ4v) is 2.33. The lowest BCUT2D eigenvalue weighted by molar-refractivity contribution is 0.164. The molecule has 2 atom stereocenters. The van der Waals surface area contributed by atoms with Gasteiger partial charge in [0.2, 0.25) is 0 Å². The largest absolute Gasteiger partial charge is 0.496 e. The highest BCUT2D eigenvalue weighted by Gasteiger charge is 2.24. The topological polar surface area (TPSA) is 55.5 Å². The SMILES string of the molecule is COc1cc(C(C)C)ccc1C(N)C(CO)C(C)C. The van der Waals surface area contributed by atoms with Crippen LogP contribution in [-0.2, 0) is 0 Å². The summed E-state index contributed by atoms with van der Waals surface area (Å²) in [5, 5.41) is 9.51. The van der Waals surface area contributed by atoms with Gasteiger partial charge in [-0.1, -0.05) is 39.8 Å². The minimum Gasteiger partial charge on any atom is -0.496 e. The first-order chi connectivity index (χ1) is 8.92. The molecule has 1 aromatic carbocycles. The molecule has 0 amide bonds. The molecule has 1 aromatic rings. The summed E-state index contributed by atoms with van der Waals surface area (Å²) in [5.41, 5.74) is 8.52. The summed E-state index contributed by atoms with van der Waals surface area (Å²) < 4.78 is 5.47. The first kappa shape index (κ1) is 16.0. The van der Waals surface area contributed by atoms with Crippen molar-refractivity contribution in [2.24, 2.45) is 17.6 Å². The van der Waals surface area contributed by atoms with Crippen LogP contribution in [0.1, 0.15) is 50.8 Å². The lowest BCUT2D eigenvalue weighted by Gasteiger charge is -2.27. The van der Waals surface area contributed by atoms with Gasteiger partial charge in [0.25, 0.3) is 0 Å². The van der Waals surface area contributed by atoms with E-state index in [0.717, 1.165) is 11.3 Å². The number of hydrogen-bond donors (Lipinski definition) is 2. The number of hydrogen-bond acceptors (Lipinski definition) is 3. The van der Waals surface area contributed by atoms with Crippen molar-refractivity contribution in [3.63, 3.8) is 0 Å². The highest BCUT2D eigenvalue weighted by Crippen LogP contribution is 2.33. The standard InChI is InChI=1S/C16H27NO2/c1-10(2)12-6-7-13(15(8-12)19-5)16(17)14(9-18)11(3)4/h6-8,10-11,14,16,18H,9,17H2,1-5H3. The Morgan fingerprint density at radius 2 is 1.84 bits per heavy atom. The van der Waals surface area contributed by atoms with Crippen molar-refractivity contribution in [1.82, 2.24) is 0 Å². The Kier molecular flexibility index (Phi) is 5.83. The number of ether oxygens (including phenoxy) is 1. The fourth-order valence-electron chi connectivity index (χ4n) is 2.33. The van der Waals surface area contributed by atoms with Crippen molar-refractivity contribution in [2.45, 2.75) is 39.7 Å². The van der Waals surface area contributed by atoms with Gasteiger partial charge in [0, 0.05) is 24.1 Å². The number of aliphatic hydroxyl groups is 1. The molecule has 2 unspecified atom stereocenters. The summed E-state index contributed by atoms with van der Waals surface area (Å²) in [7, 11) is 1.67. The summed E-state index contributed by atoms with van der Waals surface area (Å²) in [6, 6.07) is 5.97. The molecule has 0 saturated carbocycles. The van der Waals surface area contributed by atoms with Crippen LogP contribution in [0.25, 0.3) is 0 Å². The summed E-state index contributed by atoms with van der Waals surface area (Å²) >= 11 is 0. The van der Waals surface area contributed by atoms with E-state index in [1.54, 1.807) is 7.11 Å². The summed E-state index contributed by atoms with van der Waals surface area (Å²) in [4.78, 5) is 0. The number of aliphatic hydroxyl groups excluding tert-OH is 1. The maximum Gasteiger partial charge on any atom is 0.123 e. The van der Waals surface area contributed by atoms with Crippen molar-refractivity contribution >= 4 is 0 Å². The molecule has 0 fully saturated rings. The molecule has 1 rings (SSSR count). The smallest absolute Gasteiger partial charge is 0.123 e. The lowest BCUT2D eigenvalue weighted by atomic mass is 9.84. The highest BCUT2D eigenvalue weighted by molar-refractivity contribution is 5.41. The predicted molar refractivity (Wildman–Crippen MR) is 79.4 cm³/mol. The molecule has 0 bridgehead atoms. The second kappa shape index (κ2) is 6.92. The van der Waals surface area contributed by atoms with Gasteiger partial charge < -0.3 is 15.6 Å². The van der Waals surface area contributed by atoms with Gasteiger partial charge in [-0.2, -0.15) is 0 Å². The maximum atomic E-state index is 9.51. The molecule has 19 heavy (non-hydrogen) atoms. The molecule has 108 valence electrons. The summed E-state index contributed by atoms with van der Waals surface area (Å²) in [6.07, 6.45) is 0. The molecule has 0 heterocycles. The van der Waals surface area contributed by atoms with Gasteiger partial charge in [0.05, 0.1) is 7.11 Å². The monoisotopic (exact) mass is 265 g/mol. The van der Waals surface area contributed by atoms with E-state index in [1.807, 2.05) is 6.07 Å². The third-order valence-corrected chi connectivity index (χ3v) is 3.81. The van der Waals surface area contributed by atoms with Gasteiger partial charge in [-0.3, -0.25) is 0 Å². The van der Waals surface area contributed by atoms with Gasteiger partial charge in [-0.15, -0.1) is 0 Å². The number of benzene rings is 1. The van der Waals surface area contributed by atoms with Gasteiger partial charge in [0.1, 0.15) is 5.75 Å². The van der Waals surface area contributed by atoms with Crippen LogP contribution in [0.4, 0.5) is 0 Å². The van der Waals surface area contributed by atoms with Crippen LogP contribution in [0.5, 0.6) is 5.75 Å². The molecule has 3 heteroatoms. The van der Waals surface area contributed by atoms with Crippen LogP contribution in [0.2, 0.25) is 0 Å². The zero-order valence-electron chi connectivity index (χ0n) is 12.7. The molecule has 0 saturated heterocycles. The zero-order chi connectivity index (χ0) is 14.6. The van der Waals surface area contributed by atoms with Gasteiger partial charge in [-0.05, 0) is 23.5 Å². The summed E-state index contributed by atoms with van der Waals surface area (Å²) in [5.74, 6) is 1.64. The second-order valence-electron chi connectivity index (χ2n) is 5.77. The van der Waals surface area contributed by atoms with Crippen LogP contribution in [-0.4, -0.2) is 18.8 Å². The molecule has 0 spiro atoms. The van der Waals surface area contributed by atoms with E-state index in [9.17, 15) is 5.11 Å². The van der Waals surface area contributed by atoms with E-state index < -0.39 is 0 Å². The summed E-state index contributed by atoms with van der Waals surface area (Å²) in [6.45, 7) is 8.55. The Morgan fingerprint density at radius 3 is 2.26 bits per heavy atom. The number of rotatable bonds is 6. The van der Waals surface area contributed by atoms with E-state index in [4.69, 9.17) is 10.5 Å². The molecule has 3 N–H and O–H groups in total. The average Bonchev–Trinajstić information content (AvgIpc) is 2.37. The Bertz CT molecular complexity index is 402. The maximum absolute atomic E-state index is 9.51. The van der Waals surface area contributed by atoms with Crippen molar-refractivity contribution in [2.75, 3.05) is 13.7 Å². The Morgan fingerprint density at radius 1 is 1.21 bits per heavy atom. The van der Waals surface area contributed by atoms with Crippen molar-refractivity contribution in [3.05, 3.63) is 29.3 Å². The van der Waals surface area contributed by atoms with E-state index in [-0.39, 0.29) is 18.6 Å². The Labute approximate surface area is 116 Å². The number of methoxy groups -OCH3 is 1. The van der Waals surface area contributed by atoms with E-state index in [0.29, 0.717) is 11.8 Å². The predicted octanol–water partition coefficient (Wildman–Crippen LogP) is 3.08. The fraction of sp³-hybridized carbons (Fsp3) is 0.625. The third-order valence-electron chi connectivity index (χ3n) is 3.81. The Balaban J connectivity index is 3.12. The minimum atomic E-state index is -0.207. The first-order valence-corrected chi connectivity index (χ1v) is 6.96. The lowest BCUT2D eigenvalue weighted by Crippen LogP contribution is -2.28. The molecular formula is C16H27NO2. The van der Waals surface area contributed by atoms with E-state index >= 15 is 0 Å². The highest BCUT2D eigenvalue weighted by atomic mass is 16.5. The van der Waals surface area contributed by atoms with E-state index in [2.05, 4.69) is 39.8 Å². The molecule has 0 aromatic heterocycles. The van der Waals surface area contributed by atoms with Crippen molar-refractivity contribution in [3.8, 4) is 5.75 Å². The quantitative estimate of drug-likeness (QED) is 0.831. The second-order valence-corrected chi connectivity index (χ2v) is 5.77. The van der Waals surface area contributed by atoms with Gasteiger partial charge >= 0.3 is 0 Å². The molecule has 0 aliphatic heterocycles. The molecule has 0 aliphatic carbocycles. The van der Waals surface area contributed by atoms with Crippen LogP contribution in [0.15, 0.2) is 18.2 Å². The molecule has 3 nitrogen and oxygen atoms in total. The molecule has 0 radical (unpaired) electrons. The first-order valence-electron chi connectivity index (χ1n) is 6.96. The van der Waals surface area contributed by atoms with Gasteiger partial charge in [-0.25, -0.2) is 0 Å². The van der Waals surface area contributed by atoms with Crippen LogP contribution < -0.4 is 10.5 Å². The van der Waals surface area contributed by atoms with Crippen LogP contribution in [0.3, 0.4) is 0 Å². The van der Waals surface area contributed by atoms with Crippen LogP contribution >= 0.6 is 0 Å². The minimum absolute atomic E-state index is 0.0406. The zero-order valence-corrected chi connectivity index (χ0v) is 12.7. The van der Waals surface area contributed by atoms with Crippen LogP contribution in [0, 0.1) is 11.8 Å². The van der Waals surface area contributed by atoms with Crippen molar-refractivity contribution < 1.29 is 9.84 Å². The number of nitrogens with two attached hydrogens (primary N) is 1. The Hall–Kier alpha value is -1.06. The third kappa shape index (κ3) is 3.71. The average molecular weight is 265 g/mol. The van der Waals surface area contributed by atoms with Crippen molar-refractivity contribution in [1.29, 1.82) is 0 Å². The molecular weight excluding hydrogens is 238 g/mol.